The Morgan fingerprint density at radius 2 is 2.07 bits per heavy atom. The van der Waals surface area contributed by atoms with E-state index in [1.54, 1.807) is 19.4 Å². The van der Waals surface area contributed by atoms with Crippen molar-refractivity contribution < 1.29 is 14.3 Å². The molecule has 2 saturated heterocycles. The van der Waals surface area contributed by atoms with Gasteiger partial charge >= 0.3 is 0 Å². The molecule has 0 radical (unpaired) electrons. The van der Waals surface area contributed by atoms with E-state index in [4.69, 9.17) is 4.74 Å². The van der Waals surface area contributed by atoms with Crippen molar-refractivity contribution in [2.24, 2.45) is 5.92 Å². The minimum atomic E-state index is -0.194. The number of nitrogens with zero attached hydrogens (tertiary/aromatic N) is 4. The van der Waals surface area contributed by atoms with E-state index < -0.39 is 0 Å². The predicted molar refractivity (Wildman–Crippen MR) is 112 cm³/mol. The Kier molecular flexibility index (Phi) is 5.48. The SMILES string of the molecule is COC1(C)CCN(C2=C(C#N)C(=O)Cc3cnc(C(=O)CC4CN(C)C4)cc32)CC1. The van der Waals surface area contributed by atoms with Crippen molar-refractivity contribution in [2.45, 2.75) is 38.2 Å². The Balaban J connectivity index is 1.65. The fourth-order valence-corrected chi connectivity index (χ4v) is 4.70. The number of aromatic nitrogens is 1. The van der Waals surface area contributed by atoms with Crippen LogP contribution in [0.15, 0.2) is 17.8 Å². The summed E-state index contributed by atoms with van der Waals surface area (Å²) in [5.74, 6) is 0.218. The average molecular weight is 409 g/mol. The first-order valence-corrected chi connectivity index (χ1v) is 10.5. The molecule has 2 fully saturated rings. The number of carbonyl (C=O) groups is 2. The fourth-order valence-electron chi connectivity index (χ4n) is 4.70. The Morgan fingerprint density at radius 3 is 2.67 bits per heavy atom. The van der Waals surface area contributed by atoms with Crippen LogP contribution in [0.3, 0.4) is 0 Å². The number of fused-ring (bicyclic) bond motifs is 1. The summed E-state index contributed by atoms with van der Waals surface area (Å²) in [5.41, 5.74) is 2.66. The smallest absolute Gasteiger partial charge is 0.181 e. The molecule has 3 heterocycles. The quantitative estimate of drug-likeness (QED) is 0.690. The number of ketones is 2. The molecular formula is C23H28N4O3. The molecule has 0 amide bonds. The summed E-state index contributed by atoms with van der Waals surface area (Å²) in [4.78, 5) is 34.1. The molecular weight excluding hydrogens is 380 g/mol. The molecule has 2 aliphatic heterocycles. The van der Waals surface area contributed by atoms with Gasteiger partial charge in [-0.25, -0.2) is 0 Å². The summed E-state index contributed by atoms with van der Waals surface area (Å²) in [7, 11) is 3.77. The van der Waals surface area contributed by atoms with Crippen molar-refractivity contribution in [1.29, 1.82) is 5.26 Å². The van der Waals surface area contributed by atoms with Crippen LogP contribution in [-0.2, 0) is 16.0 Å². The number of likely N-dealkylation sites (tertiary alicyclic amines) is 2. The van der Waals surface area contributed by atoms with Crippen LogP contribution in [0.4, 0.5) is 0 Å². The van der Waals surface area contributed by atoms with Gasteiger partial charge in [0.2, 0.25) is 0 Å². The number of nitriles is 1. The Bertz CT molecular complexity index is 948. The highest BCUT2D eigenvalue weighted by Crippen LogP contribution is 2.36. The van der Waals surface area contributed by atoms with Crippen LogP contribution < -0.4 is 0 Å². The number of piperidine rings is 1. The first-order valence-electron chi connectivity index (χ1n) is 10.5. The van der Waals surface area contributed by atoms with Gasteiger partial charge in [-0.1, -0.05) is 0 Å². The summed E-state index contributed by atoms with van der Waals surface area (Å²) in [5, 5.41) is 9.73. The second-order valence-corrected chi connectivity index (χ2v) is 9.02. The highest BCUT2D eigenvalue weighted by Gasteiger charge is 2.36. The molecule has 0 N–H and O–H groups in total. The molecule has 0 aromatic carbocycles. The normalized spacial score (nSPS) is 21.8. The van der Waals surface area contributed by atoms with Crippen LogP contribution in [0, 0.1) is 17.2 Å². The number of pyridine rings is 1. The molecule has 1 aromatic rings. The molecule has 3 aliphatic rings. The van der Waals surface area contributed by atoms with Crippen LogP contribution in [0.5, 0.6) is 0 Å². The average Bonchev–Trinajstić information content (AvgIpc) is 2.72. The maximum absolute atomic E-state index is 12.8. The molecule has 1 aliphatic carbocycles. The zero-order valence-corrected chi connectivity index (χ0v) is 17.9. The topological polar surface area (TPSA) is 86.5 Å². The lowest BCUT2D eigenvalue weighted by Gasteiger charge is -2.41. The summed E-state index contributed by atoms with van der Waals surface area (Å²) >= 11 is 0. The second-order valence-electron chi connectivity index (χ2n) is 9.02. The van der Waals surface area contributed by atoms with E-state index in [0.29, 0.717) is 36.8 Å². The van der Waals surface area contributed by atoms with E-state index in [9.17, 15) is 14.9 Å². The molecule has 0 atom stereocenters. The van der Waals surface area contributed by atoms with Gasteiger partial charge in [0.05, 0.1) is 11.3 Å². The van der Waals surface area contributed by atoms with Gasteiger partial charge in [0.25, 0.3) is 0 Å². The molecule has 0 saturated carbocycles. The number of hydrogen-bond acceptors (Lipinski definition) is 7. The summed E-state index contributed by atoms with van der Waals surface area (Å²) in [6.07, 6.45) is 3.89. The highest BCUT2D eigenvalue weighted by atomic mass is 16.5. The van der Waals surface area contributed by atoms with Crippen molar-refractivity contribution in [3.8, 4) is 6.07 Å². The minimum absolute atomic E-state index is 0.0243. The number of carbonyl (C=O) groups excluding carboxylic acids is 2. The Labute approximate surface area is 177 Å². The molecule has 30 heavy (non-hydrogen) atoms. The van der Waals surface area contributed by atoms with E-state index >= 15 is 0 Å². The van der Waals surface area contributed by atoms with Crippen molar-refractivity contribution in [1.82, 2.24) is 14.8 Å². The first kappa shape index (κ1) is 20.7. The maximum Gasteiger partial charge on any atom is 0.181 e. The van der Waals surface area contributed by atoms with E-state index in [0.717, 1.165) is 37.1 Å². The monoisotopic (exact) mass is 408 g/mol. The lowest BCUT2D eigenvalue weighted by Crippen LogP contribution is -2.44. The maximum atomic E-state index is 12.8. The van der Waals surface area contributed by atoms with Gasteiger partial charge in [-0.2, -0.15) is 5.26 Å². The fraction of sp³-hybridized carbons (Fsp3) is 0.565. The zero-order chi connectivity index (χ0) is 21.5. The molecule has 7 nitrogen and oxygen atoms in total. The zero-order valence-electron chi connectivity index (χ0n) is 17.9. The third kappa shape index (κ3) is 3.78. The summed E-state index contributed by atoms with van der Waals surface area (Å²) < 4.78 is 5.64. The summed E-state index contributed by atoms with van der Waals surface area (Å²) in [6, 6.07) is 3.92. The third-order valence-corrected chi connectivity index (χ3v) is 6.75. The largest absolute Gasteiger partial charge is 0.378 e. The number of Topliss-reactive ketones (excluding diaryl/α,β-unsaturated/α-hetero) is 2. The molecule has 7 heteroatoms. The van der Waals surface area contributed by atoms with Crippen LogP contribution in [0.1, 0.15) is 47.8 Å². The number of ether oxygens (including phenoxy) is 1. The molecule has 4 rings (SSSR count). The van der Waals surface area contributed by atoms with Gasteiger partial charge < -0.3 is 14.5 Å². The predicted octanol–water partition coefficient (Wildman–Crippen LogP) is 2.08. The van der Waals surface area contributed by atoms with Gasteiger partial charge in [-0.3, -0.25) is 14.6 Å². The number of allylic oxidation sites excluding steroid dienone is 1. The summed E-state index contributed by atoms with van der Waals surface area (Å²) in [6.45, 7) is 5.33. The standard InChI is InChI=1S/C23H28N4O3/c1-23(30-3)4-6-27(7-5-23)22-17-10-19(21(29)8-15-13-26(2)14-15)25-12-16(17)9-20(28)18(22)11-24/h10,12,15H,4-9,13-14H2,1-3H3. The van der Waals surface area contributed by atoms with Crippen molar-refractivity contribution in [3.05, 3.63) is 34.7 Å². The van der Waals surface area contributed by atoms with Crippen LogP contribution in [-0.4, -0.2) is 72.3 Å². The molecule has 0 bridgehead atoms. The highest BCUT2D eigenvalue weighted by molar-refractivity contribution is 6.10. The molecule has 158 valence electrons. The van der Waals surface area contributed by atoms with Crippen molar-refractivity contribution >= 4 is 17.3 Å². The third-order valence-electron chi connectivity index (χ3n) is 6.75. The van der Waals surface area contributed by atoms with E-state index in [2.05, 4.69) is 27.8 Å². The number of methoxy groups -OCH3 is 1. The van der Waals surface area contributed by atoms with E-state index in [1.807, 2.05) is 7.05 Å². The van der Waals surface area contributed by atoms with Crippen molar-refractivity contribution in [3.63, 3.8) is 0 Å². The van der Waals surface area contributed by atoms with Crippen LogP contribution in [0.2, 0.25) is 0 Å². The van der Waals surface area contributed by atoms with E-state index in [1.165, 1.54) is 0 Å². The van der Waals surface area contributed by atoms with E-state index in [-0.39, 0.29) is 29.2 Å². The Morgan fingerprint density at radius 1 is 1.37 bits per heavy atom. The Hall–Kier alpha value is -2.56. The van der Waals surface area contributed by atoms with Gasteiger partial charge in [0.15, 0.2) is 11.6 Å². The van der Waals surface area contributed by atoms with Crippen LogP contribution in [0.25, 0.3) is 5.70 Å². The lowest BCUT2D eigenvalue weighted by molar-refractivity contribution is -0.114. The molecule has 1 aromatic heterocycles. The van der Waals surface area contributed by atoms with Gasteiger partial charge in [-0.15, -0.1) is 0 Å². The molecule has 0 unspecified atom stereocenters. The van der Waals surface area contributed by atoms with Gasteiger partial charge in [-0.05, 0) is 44.4 Å². The van der Waals surface area contributed by atoms with Gasteiger partial charge in [0, 0.05) is 57.9 Å². The van der Waals surface area contributed by atoms with Crippen molar-refractivity contribution in [2.75, 3.05) is 40.3 Å². The van der Waals surface area contributed by atoms with Crippen LogP contribution >= 0.6 is 0 Å². The first-order chi connectivity index (χ1) is 14.3. The second kappa shape index (κ2) is 7.93. The van der Waals surface area contributed by atoms with Gasteiger partial charge in [0.1, 0.15) is 17.3 Å². The molecule has 0 spiro atoms. The lowest BCUT2D eigenvalue weighted by atomic mass is 9.85. The minimum Gasteiger partial charge on any atom is -0.378 e. The number of rotatable bonds is 5. The number of hydrogen-bond donors (Lipinski definition) is 0.